The summed E-state index contributed by atoms with van der Waals surface area (Å²) in [4.78, 5) is 30.5. The molecule has 23 heavy (non-hydrogen) atoms. The number of Topliss-reactive ketones (excluding diaryl/α,β-unsaturated/α-hetero) is 1. The molecule has 1 aromatic heterocycles. The smallest absolute Gasteiger partial charge is 0.270 e. The first kappa shape index (κ1) is 15.1. The van der Waals surface area contributed by atoms with Crippen LogP contribution in [0.25, 0.3) is 0 Å². The third-order valence-electron chi connectivity index (χ3n) is 4.11. The van der Waals surface area contributed by atoms with Crippen molar-refractivity contribution in [1.29, 1.82) is 0 Å². The molecule has 0 spiro atoms. The lowest BCUT2D eigenvalue weighted by molar-refractivity contribution is 0.0741. The maximum atomic E-state index is 12.5. The molecule has 0 atom stereocenters. The standard InChI is InChI=1S/C17H19N3O3/c1-12(21)13-10-14(18-11-13)17(23)20-8-6-19(7-9-20)15-4-2-3-5-16(15)22/h2-5,10-11,18,22H,6-9H2,1H3. The molecule has 1 aliphatic heterocycles. The van der Waals surface area contributed by atoms with Crippen molar-refractivity contribution in [3.63, 3.8) is 0 Å². The van der Waals surface area contributed by atoms with Crippen molar-refractivity contribution < 1.29 is 14.7 Å². The highest BCUT2D eigenvalue weighted by molar-refractivity contribution is 5.99. The molecule has 3 rings (SSSR count). The van der Waals surface area contributed by atoms with Gasteiger partial charge in [0.25, 0.3) is 5.91 Å². The summed E-state index contributed by atoms with van der Waals surface area (Å²) in [6.45, 7) is 3.93. The molecule has 0 unspecified atom stereocenters. The molecule has 1 fully saturated rings. The molecule has 2 aromatic rings. The second-order valence-corrected chi connectivity index (χ2v) is 5.63. The molecule has 6 nitrogen and oxygen atoms in total. The summed E-state index contributed by atoms with van der Waals surface area (Å²) in [7, 11) is 0. The van der Waals surface area contributed by atoms with Crippen LogP contribution in [0.2, 0.25) is 0 Å². The van der Waals surface area contributed by atoms with E-state index in [0.29, 0.717) is 37.4 Å². The van der Waals surface area contributed by atoms with E-state index < -0.39 is 0 Å². The van der Waals surface area contributed by atoms with E-state index in [-0.39, 0.29) is 17.4 Å². The molecule has 2 heterocycles. The first-order valence-corrected chi connectivity index (χ1v) is 7.58. The van der Waals surface area contributed by atoms with E-state index in [0.717, 1.165) is 5.69 Å². The van der Waals surface area contributed by atoms with Crippen molar-refractivity contribution in [3.05, 3.63) is 47.8 Å². The topological polar surface area (TPSA) is 76.6 Å². The van der Waals surface area contributed by atoms with Crippen LogP contribution >= 0.6 is 0 Å². The fourth-order valence-electron chi connectivity index (χ4n) is 2.77. The minimum atomic E-state index is -0.102. The Labute approximate surface area is 134 Å². The van der Waals surface area contributed by atoms with Gasteiger partial charge in [-0.25, -0.2) is 0 Å². The largest absolute Gasteiger partial charge is 0.506 e. The highest BCUT2D eigenvalue weighted by Crippen LogP contribution is 2.27. The Hall–Kier alpha value is -2.76. The highest BCUT2D eigenvalue weighted by atomic mass is 16.3. The molecule has 1 aliphatic rings. The minimum Gasteiger partial charge on any atom is -0.506 e. The van der Waals surface area contributed by atoms with Crippen LogP contribution in [0.15, 0.2) is 36.5 Å². The predicted molar refractivity (Wildman–Crippen MR) is 87.0 cm³/mol. The number of ketones is 1. The zero-order chi connectivity index (χ0) is 16.4. The van der Waals surface area contributed by atoms with Crippen molar-refractivity contribution in [2.24, 2.45) is 0 Å². The molecular formula is C17H19N3O3. The predicted octanol–water partition coefficient (Wildman–Crippen LogP) is 1.89. The molecule has 0 saturated carbocycles. The van der Waals surface area contributed by atoms with Crippen LogP contribution in [0, 0.1) is 0 Å². The SMILES string of the molecule is CC(=O)c1c[nH]c(C(=O)N2CCN(c3ccccc3O)CC2)c1. The Morgan fingerprint density at radius 1 is 1.13 bits per heavy atom. The van der Waals surface area contributed by atoms with Gasteiger partial charge in [0.15, 0.2) is 5.78 Å². The second kappa shape index (κ2) is 6.16. The number of piperazine rings is 1. The third kappa shape index (κ3) is 3.06. The van der Waals surface area contributed by atoms with Gasteiger partial charge in [-0.05, 0) is 25.1 Å². The van der Waals surface area contributed by atoms with Gasteiger partial charge in [0.05, 0.1) is 5.69 Å². The van der Waals surface area contributed by atoms with E-state index in [9.17, 15) is 14.7 Å². The van der Waals surface area contributed by atoms with E-state index in [2.05, 4.69) is 9.88 Å². The van der Waals surface area contributed by atoms with Gasteiger partial charge >= 0.3 is 0 Å². The molecule has 6 heteroatoms. The summed E-state index contributed by atoms with van der Waals surface area (Å²) < 4.78 is 0. The number of aromatic nitrogens is 1. The Kier molecular flexibility index (Phi) is 4.06. The van der Waals surface area contributed by atoms with Crippen molar-refractivity contribution in [1.82, 2.24) is 9.88 Å². The number of hydrogen-bond acceptors (Lipinski definition) is 4. The quantitative estimate of drug-likeness (QED) is 0.848. The Morgan fingerprint density at radius 2 is 1.83 bits per heavy atom. The number of phenolic OH excluding ortho intramolecular Hbond substituents is 1. The fraction of sp³-hybridized carbons (Fsp3) is 0.294. The van der Waals surface area contributed by atoms with Crippen molar-refractivity contribution in [3.8, 4) is 5.75 Å². The molecule has 0 aliphatic carbocycles. The summed E-state index contributed by atoms with van der Waals surface area (Å²) in [5.74, 6) is 0.0850. The number of carbonyl (C=O) groups excluding carboxylic acids is 2. The van der Waals surface area contributed by atoms with Crippen LogP contribution < -0.4 is 4.90 Å². The van der Waals surface area contributed by atoms with Crippen LogP contribution in [0.3, 0.4) is 0 Å². The van der Waals surface area contributed by atoms with Crippen LogP contribution in [-0.2, 0) is 0 Å². The number of phenols is 1. The maximum absolute atomic E-state index is 12.5. The van der Waals surface area contributed by atoms with E-state index >= 15 is 0 Å². The molecule has 0 bridgehead atoms. The molecule has 1 saturated heterocycles. The molecule has 1 amide bonds. The summed E-state index contributed by atoms with van der Waals surface area (Å²) in [5.41, 5.74) is 1.74. The van der Waals surface area contributed by atoms with Crippen LogP contribution in [0.1, 0.15) is 27.8 Å². The molecule has 2 N–H and O–H groups in total. The van der Waals surface area contributed by atoms with Gasteiger partial charge in [0.1, 0.15) is 11.4 Å². The van der Waals surface area contributed by atoms with Gasteiger partial charge in [-0.2, -0.15) is 0 Å². The van der Waals surface area contributed by atoms with E-state index in [1.807, 2.05) is 12.1 Å². The number of hydrogen-bond donors (Lipinski definition) is 2. The number of nitrogens with zero attached hydrogens (tertiary/aromatic N) is 2. The first-order valence-electron chi connectivity index (χ1n) is 7.58. The van der Waals surface area contributed by atoms with Gasteiger partial charge in [0, 0.05) is 37.9 Å². The summed E-state index contributed by atoms with van der Waals surface area (Å²) in [5, 5.41) is 9.91. The average Bonchev–Trinajstić information content (AvgIpc) is 3.05. The maximum Gasteiger partial charge on any atom is 0.270 e. The number of anilines is 1. The Balaban J connectivity index is 1.65. The van der Waals surface area contributed by atoms with Gasteiger partial charge in [0.2, 0.25) is 0 Å². The zero-order valence-electron chi connectivity index (χ0n) is 13.0. The summed E-state index contributed by atoms with van der Waals surface area (Å²) in [6.07, 6.45) is 1.56. The number of para-hydroxylation sites is 2. The first-order chi connectivity index (χ1) is 11.1. The van der Waals surface area contributed by atoms with E-state index in [1.54, 1.807) is 29.3 Å². The monoisotopic (exact) mass is 313 g/mol. The third-order valence-corrected chi connectivity index (χ3v) is 4.11. The number of carbonyl (C=O) groups is 2. The normalized spacial score (nSPS) is 14.8. The lowest BCUT2D eigenvalue weighted by Gasteiger charge is -2.36. The molecular weight excluding hydrogens is 294 g/mol. The van der Waals surface area contributed by atoms with E-state index in [4.69, 9.17) is 0 Å². The van der Waals surface area contributed by atoms with Crippen LogP contribution in [0.4, 0.5) is 5.69 Å². The van der Waals surface area contributed by atoms with Crippen LogP contribution in [0.5, 0.6) is 5.75 Å². The van der Waals surface area contributed by atoms with Gasteiger partial charge in [-0.3, -0.25) is 9.59 Å². The number of aromatic hydroxyl groups is 1. The second-order valence-electron chi connectivity index (χ2n) is 5.63. The van der Waals surface area contributed by atoms with E-state index in [1.165, 1.54) is 6.92 Å². The van der Waals surface area contributed by atoms with Gasteiger partial charge < -0.3 is 19.9 Å². The van der Waals surface area contributed by atoms with Crippen molar-refractivity contribution >= 4 is 17.4 Å². The van der Waals surface area contributed by atoms with Crippen molar-refractivity contribution in [2.75, 3.05) is 31.1 Å². The summed E-state index contributed by atoms with van der Waals surface area (Å²) in [6, 6.07) is 8.80. The minimum absolute atomic E-state index is 0.0651. The Morgan fingerprint density at radius 3 is 2.43 bits per heavy atom. The van der Waals surface area contributed by atoms with Gasteiger partial charge in [-0.1, -0.05) is 12.1 Å². The highest BCUT2D eigenvalue weighted by Gasteiger charge is 2.24. The lowest BCUT2D eigenvalue weighted by Crippen LogP contribution is -2.48. The number of rotatable bonds is 3. The number of aromatic amines is 1. The lowest BCUT2D eigenvalue weighted by atomic mass is 10.2. The average molecular weight is 313 g/mol. The molecule has 1 aromatic carbocycles. The summed E-state index contributed by atoms with van der Waals surface area (Å²) >= 11 is 0. The number of amides is 1. The van der Waals surface area contributed by atoms with Gasteiger partial charge in [-0.15, -0.1) is 0 Å². The fourth-order valence-corrected chi connectivity index (χ4v) is 2.77. The zero-order valence-corrected chi connectivity index (χ0v) is 13.0. The van der Waals surface area contributed by atoms with Crippen molar-refractivity contribution in [2.45, 2.75) is 6.92 Å². The van der Waals surface area contributed by atoms with Crippen LogP contribution in [-0.4, -0.2) is 52.9 Å². The number of nitrogens with one attached hydrogen (secondary N) is 1. The number of benzene rings is 1. The molecule has 0 radical (unpaired) electrons. The molecule has 120 valence electrons. The Bertz CT molecular complexity index is 730. The number of H-pyrrole nitrogens is 1.